The third-order valence-electron chi connectivity index (χ3n) is 6.40. The minimum absolute atomic E-state index is 0.0256. The van der Waals surface area contributed by atoms with Crippen molar-refractivity contribution < 1.29 is 24.2 Å². The van der Waals surface area contributed by atoms with Crippen LogP contribution in [-0.4, -0.2) is 30.6 Å². The Morgan fingerprint density at radius 1 is 1.12 bits per heavy atom. The number of hydrogen-bond donors (Lipinski definition) is 1. The topological polar surface area (TPSA) is 72.8 Å². The van der Waals surface area contributed by atoms with Crippen molar-refractivity contribution in [2.24, 2.45) is 23.2 Å². The van der Waals surface area contributed by atoms with Gasteiger partial charge in [0, 0.05) is 5.41 Å². The number of phenols is 1. The molecule has 4 aliphatic carbocycles. The maximum atomic E-state index is 12.9. The standard InChI is InChI=1S/C20H24O5/c1-24-16-4-2-3-15(18(16)22)19(23)25-11-17(21)20-8-12-5-13(9-20)7-14(6-12)10-20/h2-4,12-14,22H,5-11H2,1H3. The van der Waals surface area contributed by atoms with Gasteiger partial charge in [0.05, 0.1) is 7.11 Å². The van der Waals surface area contributed by atoms with Crippen molar-refractivity contribution in [3.63, 3.8) is 0 Å². The summed E-state index contributed by atoms with van der Waals surface area (Å²) >= 11 is 0. The van der Waals surface area contributed by atoms with Gasteiger partial charge in [-0.15, -0.1) is 0 Å². The molecule has 0 heterocycles. The molecule has 25 heavy (non-hydrogen) atoms. The minimum Gasteiger partial charge on any atom is -0.504 e. The van der Waals surface area contributed by atoms with E-state index >= 15 is 0 Å². The number of methoxy groups -OCH3 is 1. The number of para-hydroxylation sites is 1. The van der Waals surface area contributed by atoms with E-state index in [0.717, 1.165) is 19.3 Å². The number of carbonyl (C=O) groups is 2. The molecule has 134 valence electrons. The number of aromatic hydroxyl groups is 1. The molecule has 4 bridgehead atoms. The number of phenolic OH excluding ortho intramolecular Hbond substituents is 1. The van der Waals surface area contributed by atoms with Gasteiger partial charge < -0.3 is 14.6 Å². The van der Waals surface area contributed by atoms with E-state index in [1.807, 2.05) is 0 Å². The fraction of sp³-hybridized carbons (Fsp3) is 0.600. The zero-order valence-corrected chi connectivity index (χ0v) is 14.5. The molecule has 5 rings (SSSR count). The van der Waals surface area contributed by atoms with Crippen LogP contribution in [0, 0.1) is 23.2 Å². The van der Waals surface area contributed by atoms with Gasteiger partial charge in [0.1, 0.15) is 5.56 Å². The van der Waals surface area contributed by atoms with Gasteiger partial charge >= 0.3 is 5.97 Å². The summed E-state index contributed by atoms with van der Waals surface area (Å²) in [5, 5.41) is 10.0. The highest BCUT2D eigenvalue weighted by Gasteiger charge is 2.54. The van der Waals surface area contributed by atoms with Gasteiger partial charge in [-0.05, 0) is 68.4 Å². The first-order valence-corrected chi connectivity index (χ1v) is 9.07. The fourth-order valence-corrected chi connectivity index (χ4v) is 5.67. The van der Waals surface area contributed by atoms with Crippen molar-refractivity contribution in [2.75, 3.05) is 13.7 Å². The van der Waals surface area contributed by atoms with Gasteiger partial charge in [0.15, 0.2) is 23.9 Å². The summed E-state index contributed by atoms with van der Waals surface area (Å²) in [4.78, 5) is 25.2. The third-order valence-corrected chi connectivity index (χ3v) is 6.40. The van der Waals surface area contributed by atoms with Crippen LogP contribution in [0.4, 0.5) is 0 Å². The van der Waals surface area contributed by atoms with Crippen molar-refractivity contribution in [2.45, 2.75) is 38.5 Å². The average Bonchev–Trinajstić information content (AvgIpc) is 2.58. The Morgan fingerprint density at radius 3 is 2.28 bits per heavy atom. The number of ether oxygens (including phenoxy) is 2. The van der Waals surface area contributed by atoms with Crippen molar-refractivity contribution in [1.29, 1.82) is 0 Å². The molecule has 1 N–H and O–H groups in total. The van der Waals surface area contributed by atoms with E-state index in [0.29, 0.717) is 17.8 Å². The SMILES string of the molecule is COc1cccc(C(=O)OCC(=O)C23CC4CC(CC(C4)C2)C3)c1O. The first-order valence-electron chi connectivity index (χ1n) is 9.07. The first-order chi connectivity index (χ1) is 12.0. The molecule has 5 heteroatoms. The lowest BCUT2D eigenvalue weighted by Gasteiger charge is -2.55. The van der Waals surface area contributed by atoms with E-state index < -0.39 is 5.97 Å². The van der Waals surface area contributed by atoms with Crippen LogP contribution < -0.4 is 4.74 Å². The van der Waals surface area contributed by atoms with Gasteiger partial charge in [0.25, 0.3) is 0 Å². The lowest BCUT2D eigenvalue weighted by atomic mass is 9.48. The van der Waals surface area contributed by atoms with Crippen molar-refractivity contribution >= 4 is 11.8 Å². The molecule has 0 atom stereocenters. The Morgan fingerprint density at radius 2 is 1.72 bits per heavy atom. The predicted molar refractivity (Wildman–Crippen MR) is 90.6 cm³/mol. The highest BCUT2D eigenvalue weighted by molar-refractivity contribution is 5.95. The summed E-state index contributed by atoms with van der Waals surface area (Å²) in [6.45, 7) is -0.207. The number of ketones is 1. The van der Waals surface area contributed by atoms with E-state index in [4.69, 9.17) is 9.47 Å². The number of carbonyl (C=O) groups excluding carboxylic acids is 2. The van der Waals surface area contributed by atoms with E-state index in [1.54, 1.807) is 12.1 Å². The molecule has 1 aromatic carbocycles. The normalized spacial score (nSPS) is 32.4. The molecule has 0 aliphatic heterocycles. The molecule has 0 aromatic heterocycles. The summed E-state index contributed by atoms with van der Waals surface area (Å²) < 4.78 is 10.3. The summed E-state index contributed by atoms with van der Waals surface area (Å²) in [6.07, 6.45) is 6.68. The maximum absolute atomic E-state index is 12.9. The molecule has 4 saturated carbocycles. The molecule has 0 saturated heterocycles. The largest absolute Gasteiger partial charge is 0.504 e. The van der Waals surface area contributed by atoms with E-state index in [-0.39, 0.29) is 34.9 Å². The molecule has 0 spiro atoms. The molecule has 1 aromatic rings. The zero-order chi connectivity index (χ0) is 17.6. The summed E-state index contributed by atoms with van der Waals surface area (Å²) in [7, 11) is 1.42. The second-order valence-electron chi connectivity index (χ2n) is 8.05. The van der Waals surface area contributed by atoms with Crippen LogP contribution >= 0.6 is 0 Å². The van der Waals surface area contributed by atoms with Crippen molar-refractivity contribution in [1.82, 2.24) is 0 Å². The van der Waals surface area contributed by atoms with Gasteiger partial charge in [-0.3, -0.25) is 4.79 Å². The van der Waals surface area contributed by atoms with Gasteiger partial charge in [-0.1, -0.05) is 6.07 Å². The monoisotopic (exact) mass is 344 g/mol. The number of hydrogen-bond acceptors (Lipinski definition) is 5. The predicted octanol–water partition coefficient (Wildman–Crippen LogP) is 3.34. The number of benzene rings is 1. The first kappa shape index (κ1) is 16.4. The van der Waals surface area contributed by atoms with Crippen LogP contribution in [0.15, 0.2) is 18.2 Å². The summed E-state index contributed by atoms with van der Waals surface area (Å²) in [6, 6.07) is 4.64. The van der Waals surface area contributed by atoms with Gasteiger partial charge in [0.2, 0.25) is 0 Å². The molecule has 0 amide bonds. The number of Topliss-reactive ketones (excluding diaryl/α,β-unsaturated/α-hetero) is 1. The third kappa shape index (κ3) is 2.79. The minimum atomic E-state index is -0.686. The van der Waals surface area contributed by atoms with Crippen LogP contribution in [0.2, 0.25) is 0 Å². The Bertz CT molecular complexity index is 673. The Hall–Kier alpha value is -2.04. The summed E-state index contributed by atoms with van der Waals surface area (Å²) in [5.74, 6) is 1.35. The van der Waals surface area contributed by atoms with E-state index in [1.165, 1.54) is 32.4 Å². The Labute approximate surface area is 147 Å². The fourth-order valence-electron chi connectivity index (χ4n) is 5.67. The maximum Gasteiger partial charge on any atom is 0.342 e. The molecular weight excluding hydrogens is 320 g/mol. The lowest BCUT2D eigenvalue weighted by molar-refractivity contribution is -0.147. The quantitative estimate of drug-likeness (QED) is 0.829. The molecule has 4 fully saturated rings. The highest BCUT2D eigenvalue weighted by Crippen LogP contribution is 2.60. The summed E-state index contributed by atoms with van der Waals surface area (Å²) in [5.41, 5.74) is -0.247. The van der Waals surface area contributed by atoms with E-state index in [9.17, 15) is 14.7 Å². The van der Waals surface area contributed by atoms with Crippen LogP contribution in [0.5, 0.6) is 11.5 Å². The number of rotatable bonds is 5. The van der Waals surface area contributed by atoms with Crippen LogP contribution in [-0.2, 0) is 9.53 Å². The molecule has 4 aliphatic rings. The smallest absolute Gasteiger partial charge is 0.342 e. The Balaban J connectivity index is 1.43. The van der Waals surface area contributed by atoms with Crippen molar-refractivity contribution in [3.8, 4) is 11.5 Å². The van der Waals surface area contributed by atoms with Crippen LogP contribution in [0.1, 0.15) is 48.9 Å². The molecule has 0 unspecified atom stereocenters. The highest BCUT2D eigenvalue weighted by atomic mass is 16.5. The van der Waals surface area contributed by atoms with E-state index in [2.05, 4.69) is 0 Å². The van der Waals surface area contributed by atoms with Gasteiger partial charge in [-0.25, -0.2) is 4.79 Å². The second kappa shape index (κ2) is 6.04. The zero-order valence-electron chi connectivity index (χ0n) is 14.5. The van der Waals surface area contributed by atoms with Crippen molar-refractivity contribution in [3.05, 3.63) is 23.8 Å². The van der Waals surface area contributed by atoms with Gasteiger partial charge in [-0.2, -0.15) is 0 Å². The number of esters is 1. The Kier molecular flexibility index (Phi) is 3.97. The lowest BCUT2D eigenvalue weighted by Crippen LogP contribution is -2.51. The molecule has 5 nitrogen and oxygen atoms in total. The molecular formula is C20H24O5. The van der Waals surface area contributed by atoms with Crippen LogP contribution in [0.3, 0.4) is 0 Å². The molecule has 0 radical (unpaired) electrons. The average molecular weight is 344 g/mol. The van der Waals surface area contributed by atoms with Crippen LogP contribution in [0.25, 0.3) is 0 Å². The second-order valence-corrected chi connectivity index (χ2v) is 8.05.